The highest BCUT2D eigenvalue weighted by molar-refractivity contribution is 5.76. The fourth-order valence-corrected chi connectivity index (χ4v) is 2.34. The van der Waals surface area contributed by atoms with E-state index in [2.05, 4.69) is 19.6 Å². The van der Waals surface area contributed by atoms with Crippen LogP contribution in [0.5, 0.6) is 0 Å². The van der Waals surface area contributed by atoms with Gasteiger partial charge in [-0.05, 0) is 24.5 Å². The Bertz CT molecular complexity index is 697. The van der Waals surface area contributed by atoms with Crippen LogP contribution in [-0.4, -0.2) is 32.5 Å². The maximum Gasteiger partial charge on any atom is 0.471 e. The van der Waals surface area contributed by atoms with Gasteiger partial charge in [0.2, 0.25) is 11.7 Å². The van der Waals surface area contributed by atoms with Crippen LogP contribution >= 0.6 is 0 Å². The summed E-state index contributed by atoms with van der Waals surface area (Å²) in [5.41, 5.74) is 0.974. The molecule has 0 saturated carbocycles. The molecular weight excluding hydrogens is 313 g/mol. The number of alkyl halides is 3. The molecule has 1 aliphatic rings. The Kier molecular flexibility index (Phi) is 4.01. The van der Waals surface area contributed by atoms with Gasteiger partial charge in [0.15, 0.2) is 0 Å². The van der Waals surface area contributed by atoms with Gasteiger partial charge >= 0.3 is 12.1 Å². The van der Waals surface area contributed by atoms with Crippen molar-refractivity contribution in [2.75, 3.05) is 6.54 Å². The fraction of sp³-hybridized carbons (Fsp3) is 0.429. The zero-order valence-corrected chi connectivity index (χ0v) is 12.0. The molecule has 2 aromatic heterocycles. The molecule has 1 amide bonds. The van der Waals surface area contributed by atoms with Crippen LogP contribution in [0.3, 0.4) is 0 Å². The molecule has 1 aliphatic heterocycles. The minimum atomic E-state index is -4.68. The molecule has 0 atom stereocenters. The van der Waals surface area contributed by atoms with E-state index >= 15 is 0 Å². The SMILES string of the molecule is O=C1CCCCN1Cc1ccc(-c2noc(C(F)(F)F)n2)nc1. The van der Waals surface area contributed by atoms with E-state index in [9.17, 15) is 18.0 Å². The first kappa shape index (κ1) is 15.4. The molecule has 0 unspecified atom stereocenters. The Balaban J connectivity index is 1.72. The van der Waals surface area contributed by atoms with Crippen LogP contribution in [0.15, 0.2) is 22.9 Å². The smallest absolute Gasteiger partial charge is 0.338 e. The quantitative estimate of drug-likeness (QED) is 0.867. The van der Waals surface area contributed by atoms with Crippen LogP contribution in [0.2, 0.25) is 0 Å². The van der Waals surface area contributed by atoms with E-state index in [-0.39, 0.29) is 17.4 Å². The van der Waals surface area contributed by atoms with Crippen molar-refractivity contribution in [3.63, 3.8) is 0 Å². The van der Waals surface area contributed by atoms with Crippen molar-refractivity contribution in [1.82, 2.24) is 20.0 Å². The predicted octanol–water partition coefficient (Wildman–Crippen LogP) is 2.66. The van der Waals surface area contributed by atoms with Crippen LogP contribution in [0, 0.1) is 0 Å². The molecule has 9 heteroatoms. The molecule has 3 rings (SSSR count). The summed E-state index contributed by atoms with van der Waals surface area (Å²) in [6, 6.07) is 3.20. The van der Waals surface area contributed by atoms with Crippen LogP contribution in [0.1, 0.15) is 30.7 Å². The molecule has 0 aliphatic carbocycles. The highest BCUT2D eigenvalue weighted by atomic mass is 19.4. The molecule has 6 nitrogen and oxygen atoms in total. The predicted molar refractivity (Wildman–Crippen MR) is 71.8 cm³/mol. The van der Waals surface area contributed by atoms with Gasteiger partial charge in [0.05, 0.1) is 0 Å². The first-order valence-electron chi connectivity index (χ1n) is 7.07. The van der Waals surface area contributed by atoms with Gasteiger partial charge in [-0.3, -0.25) is 9.78 Å². The van der Waals surface area contributed by atoms with E-state index in [1.165, 1.54) is 12.3 Å². The van der Waals surface area contributed by atoms with Gasteiger partial charge < -0.3 is 9.42 Å². The molecule has 23 heavy (non-hydrogen) atoms. The fourth-order valence-electron chi connectivity index (χ4n) is 2.34. The number of nitrogens with zero attached hydrogens (tertiary/aromatic N) is 4. The molecule has 0 spiro atoms. The summed E-state index contributed by atoms with van der Waals surface area (Å²) in [6.07, 6.45) is -0.749. The maximum atomic E-state index is 12.4. The number of amides is 1. The monoisotopic (exact) mass is 326 g/mol. The zero-order chi connectivity index (χ0) is 16.4. The Labute approximate surface area is 129 Å². The normalized spacial score (nSPS) is 16.0. The molecule has 3 heterocycles. The average Bonchev–Trinajstić information content (AvgIpc) is 3.00. The molecule has 0 N–H and O–H groups in total. The number of likely N-dealkylation sites (tertiary alicyclic amines) is 1. The van der Waals surface area contributed by atoms with Gasteiger partial charge in [-0.1, -0.05) is 11.2 Å². The molecule has 2 aromatic rings. The number of piperidine rings is 1. The van der Waals surface area contributed by atoms with Crippen molar-refractivity contribution in [2.45, 2.75) is 32.0 Å². The van der Waals surface area contributed by atoms with E-state index in [4.69, 9.17) is 0 Å². The summed E-state index contributed by atoms with van der Waals surface area (Å²) >= 11 is 0. The van der Waals surface area contributed by atoms with Gasteiger partial charge in [-0.2, -0.15) is 18.2 Å². The second-order valence-corrected chi connectivity index (χ2v) is 5.24. The van der Waals surface area contributed by atoms with E-state index < -0.39 is 12.1 Å². The number of carbonyl (C=O) groups is 1. The molecule has 122 valence electrons. The molecular formula is C14H13F3N4O2. The lowest BCUT2D eigenvalue weighted by atomic mass is 10.1. The van der Waals surface area contributed by atoms with Gasteiger partial charge in [0.1, 0.15) is 5.69 Å². The van der Waals surface area contributed by atoms with Crippen molar-refractivity contribution in [1.29, 1.82) is 0 Å². The molecule has 1 fully saturated rings. The van der Waals surface area contributed by atoms with Crippen LogP contribution in [0.25, 0.3) is 11.5 Å². The lowest BCUT2D eigenvalue weighted by Gasteiger charge is -2.26. The summed E-state index contributed by atoms with van der Waals surface area (Å²) < 4.78 is 41.4. The number of carbonyl (C=O) groups excluding carboxylic acids is 1. The highest BCUT2D eigenvalue weighted by Gasteiger charge is 2.38. The number of rotatable bonds is 3. The number of aromatic nitrogens is 3. The summed E-state index contributed by atoms with van der Waals surface area (Å²) in [4.78, 5) is 20.8. The Morgan fingerprint density at radius 2 is 2.09 bits per heavy atom. The van der Waals surface area contributed by atoms with Gasteiger partial charge in [-0.15, -0.1) is 0 Å². The highest BCUT2D eigenvalue weighted by Crippen LogP contribution is 2.29. The lowest BCUT2D eigenvalue weighted by molar-refractivity contribution is -0.159. The van der Waals surface area contributed by atoms with Gasteiger partial charge in [-0.25, -0.2) is 0 Å². The van der Waals surface area contributed by atoms with Crippen molar-refractivity contribution in [3.8, 4) is 11.5 Å². The van der Waals surface area contributed by atoms with Crippen LogP contribution in [-0.2, 0) is 17.5 Å². The van der Waals surface area contributed by atoms with Gasteiger partial charge in [0, 0.05) is 25.7 Å². The van der Waals surface area contributed by atoms with Crippen molar-refractivity contribution < 1.29 is 22.5 Å². The molecule has 0 radical (unpaired) electrons. The van der Waals surface area contributed by atoms with Gasteiger partial charge in [0.25, 0.3) is 0 Å². The third-order valence-electron chi connectivity index (χ3n) is 3.52. The Hall–Kier alpha value is -2.45. The van der Waals surface area contributed by atoms with Crippen LogP contribution in [0.4, 0.5) is 13.2 Å². The minimum Gasteiger partial charge on any atom is -0.338 e. The first-order chi connectivity index (χ1) is 10.9. The summed E-state index contributed by atoms with van der Waals surface area (Å²) in [5, 5.41) is 3.28. The van der Waals surface area contributed by atoms with Crippen molar-refractivity contribution in [3.05, 3.63) is 29.8 Å². The average molecular weight is 326 g/mol. The first-order valence-corrected chi connectivity index (χ1v) is 7.07. The summed E-state index contributed by atoms with van der Waals surface area (Å²) in [5.74, 6) is -1.52. The number of hydrogen-bond acceptors (Lipinski definition) is 5. The maximum absolute atomic E-state index is 12.4. The lowest BCUT2D eigenvalue weighted by Crippen LogP contribution is -2.34. The summed E-state index contributed by atoms with van der Waals surface area (Å²) in [7, 11) is 0. The van der Waals surface area contributed by atoms with E-state index in [0.717, 1.165) is 18.4 Å². The third kappa shape index (κ3) is 3.49. The number of halogens is 3. The molecule has 0 bridgehead atoms. The van der Waals surface area contributed by atoms with Crippen molar-refractivity contribution >= 4 is 5.91 Å². The standard InChI is InChI=1S/C14H13F3N4O2/c15-14(16,17)13-19-12(20-23-13)10-5-4-9(7-18-10)8-21-6-2-1-3-11(21)22/h4-5,7H,1-3,6,8H2. The molecule has 0 aromatic carbocycles. The Morgan fingerprint density at radius 1 is 1.26 bits per heavy atom. The van der Waals surface area contributed by atoms with Crippen molar-refractivity contribution in [2.24, 2.45) is 0 Å². The second kappa shape index (κ2) is 5.98. The topological polar surface area (TPSA) is 72.1 Å². The number of pyridine rings is 1. The van der Waals surface area contributed by atoms with Crippen LogP contribution < -0.4 is 0 Å². The Morgan fingerprint density at radius 3 is 2.70 bits per heavy atom. The van der Waals surface area contributed by atoms with E-state index in [1.807, 2.05) is 0 Å². The second-order valence-electron chi connectivity index (χ2n) is 5.24. The largest absolute Gasteiger partial charge is 0.471 e. The summed E-state index contributed by atoms with van der Waals surface area (Å²) in [6.45, 7) is 1.15. The zero-order valence-electron chi connectivity index (χ0n) is 12.0. The molecule has 1 saturated heterocycles. The third-order valence-corrected chi connectivity index (χ3v) is 3.52. The minimum absolute atomic E-state index is 0.105. The van der Waals surface area contributed by atoms with E-state index in [0.29, 0.717) is 19.5 Å². The van der Waals surface area contributed by atoms with E-state index in [1.54, 1.807) is 11.0 Å². The number of hydrogen-bond donors (Lipinski definition) is 0.